The maximum absolute atomic E-state index is 13.3. The van der Waals surface area contributed by atoms with Crippen molar-refractivity contribution in [2.24, 2.45) is 23.7 Å². The predicted molar refractivity (Wildman–Crippen MR) is 183 cm³/mol. The van der Waals surface area contributed by atoms with Crippen LogP contribution in [0.1, 0.15) is 80.3 Å². The highest BCUT2D eigenvalue weighted by Gasteiger charge is 2.42. The van der Waals surface area contributed by atoms with Crippen LogP contribution in [0, 0.1) is 35.0 Å². The standard InChI is InChI=1S/C37H47F5N4O4S/c1-2-51(48,49)33-15-9-28(10-16-33)34(17-18-43)44-35(47)29-7-13-31(14-8-29)46-23-27(19-32(46)24-50-36(38)39)22-45(20-25-3-4-25)21-26-5-11-30(12-6-26)37(40,41)42/h7-10,13-16,25-27,30,32,34,36H,2-6,11-12,17,19-24H2,1H3,(H,44,47)/t26?,27?,30?,32-,34-/m0/s1. The minimum Gasteiger partial charge on any atom is -0.366 e. The average molecular weight is 739 g/mol. The van der Waals surface area contributed by atoms with E-state index >= 15 is 0 Å². The fourth-order valence-corrected chi connectivity index (χ4v) is 8.44. The zero-order valence-electron chi connectivity index (χ0n) is 28.8. The topological polar surface area (TPSA) is 103 Å². The van der Waals surface area contributed by atoms with Crippen LogP contribution in [0.5, 0.6) is 0 Å². The van der Waals surface area contributed by atoms with Crippen molar-refractivity contribution in [3.8, 4) is 6.07 Å². The van der Waals surface area contributed by atoms with Gasteiger partial charge in [0.15, 0.2) is 9.84 Å². The Morgan fingerprint density at radius 3 is 2.08 bits per heavy atom. The summed E-state index contributed by atoms with van der Waals surface area (Å²) in [5.74, 6) is -0.753. The second kappa shape index (κ2) is 17.0. The number of nitrogens with zero attached hydrogens (tertiary/aromatic N) is 3. The van der Waals surface area contributed by atoms with Gasteiger partial charge in [-0.05, 0) is 105 Å². The Morgan fingerprint density at radius 1 is 0.961 bits per heavy atom. The van der Waals surface area contributed by atoms with Crippen LogP contribution in [-0.2, 0) is 14.6 Å². The van der Waals surface area contributed by atoms with Crippen LogP contribution in [0.2, 0.25) is 0 Å². The van der Waals surface area contributed by atoms with E-state index in [0.29, 0.717) is 42.9 Å². The molecule has 1 aliphatic heterocycles. The summed E-state index contributed by atoms with van der Waals surface area (Å²) in [6, 6.07) is 14.0. The quantitative estimate of drug-likeness (QED) is 0.179. The summed E-state index contributed by atoms with van der Waals surface area (Å²) in [5.41, 5.74) is 1.67. The molecular weight excluding hydrogens is 691 g/mol. The molecule has 1 heterocycles. The number of hydrogen-bond acceptors (Lipinski definition) is 7. The van der Waals surface area contributed by atoms with Crippen molar-refractivity contribution in [2.75, 3.05) is 43.4 Å². The number of hydrogen-bond donors (Lipinski definition) is 1. The molecule has 2 aromatic rings. The fraction of sp³-hybridized carbons (Fsp3) is 0.622. The molecule has 1 amide bonds. The molecule has 3 fully saturated rings. The average Bonchev–Trinajstić information content (AvgIpc) is 3.83. The summed E-state index contributed by atoms with van der Waals surface area (Å²) in [7, 11) is -3.40. The number of sulfone groups is 1. The zero-order valence-corrected chi connectivity index (χ0v) is 29.6. The Morgan fingerprint density at radius 2 is 1.55 bits per heavy atom. The summed E-state index contributed by atoms with van der Waals surface area (Å²) < 4.78 is 95.2. The van der Waals surface area contributed by atoms with E-state index in [-0.39, 0.29) is 54.4 Å². The zero-order chi connectivity index (χ0) is 36.8. The molecule has 0 radical (unpaired) electrons. The van der Waals surface area contributed by atoms with Crippen LogP contribution in [0.25, 0.3) is 0 Å². The van der Waals surface area contributed by atoms with Crippen molar-refractivity contribution < 1.29 is 39.9 Å². The van der Waals surface area contributed by atoms with Crippen LogP contribution >= 0.6 is 0 Å². The number of rotatable bonds is 16. The van der Waals surface area contributed by atoms with E-state index in [9.17, 15) is 40.4 Å². The third-order valence-electron chi connectivity index (χ3n) is 10.6. The highest BCUT2D eigenvalue weighted by Crippen LogP contribution is 2.41. The fourth-order valence-electron chi connectivity index (χ4n) is 7.56. The Bertz CT molecular complexity index is 1590. The second-order valence-corrected chi connectivity index (χ2v) is 16.6. The molecule has 14 heteroatoms. The van der Waals surface area contributed by atoms with Gasteiger partial charge in [0.05, 0.1) is 47.7 Å². The Kier molecular flexibility index (Phi) is 13.0. The molecular formula is C37H47F5N4O4S. The Hall–Kier alpha value is -3.28. The Balaban J connectivity index is 1.23. The predicted octanol–water partition coefficient (Wildman–Crippen LogP) is 7.38. The monoisotopic (exact) mass is 738 g/mol. The first-order valence-electron chi connectivity index (χ1n) is 17.8. The molecule has 8 nitrogen and oxygen atoms in total. The first kappa shape index (κ1) is 38.9. The van der Waals surface area contributed by atoms with Gasteiger partial charge < -0.3 is 19.9 Å². The molecule has 2 saturated carbocycles. The molecule has 51 heavy (non-hydrogen) atoms. The maximum Gasteiger partial charge on any atom is 0.391 e. The highest BCUT2D eigenvalue weighted by molar-refractivity contribution is 7.91. The lowest BCUT2D eigenvalue weighted by Gasteiger charge is -2.34. The first-order valence-corrected chi connectivity index (χ1v) is 19.5. The summed E-state index contributed by atoms with van der Waals surface area (Å²) in [4.78, 5) is 17.8. The molecule has 1 unspecified atom stereocenters. The van der Waals surface area contributed by atoms with Crippen molar-refractivity contribution in [1.82, 2.24) is 10.2 Å². The number of carbonyl (C=O) groups excluding carboxylic acids is 1. The number of nitrogens with one attached hydrogen (secondary N) is 1. The van der Waals surface area contributed by atoms with E-state index in [2.05, 4.69) is 16.3 Å². The van der Waals surface area contributed by atoms with Gasteiger partial charge in [-0.3, -0.25) is 4.79 Å². The van der Waals surface area contributed by atoms with E-state index < -0.39 is 40.5 Å². The molecule has 3 atom stereocenters. The van der Waals surface area contributed by atoms with E-state index in [1.165, 1.54) is 12.1 Å². The third-order valence-corrected chi connectivity index (χ3v) is 12.3. The van der Waals surface area contributed by atoms with Crippen LogP contribution in [0.3, 0.4) is 0 Å². The minimum absolute atomic E-state index is 0.0305. The molecule has 3 aliphatic rings. The molecule has 0 aromatic heterocycles. The van der Waals surface area contributed by atoms with Gasteiger partial charge in [-0.15, -0.1) is 0 Å². The SMILES string of the molecule is CCS(=O)(=O)c1ccc([C@H](CC#N)NC(=O)c2ccc(N3CC(CN(CC4CC4)CC4CCC(C(F)(F)F)CC4)C[C@H]3COC(F)F)cc2)cc1. The number of carbonyl (C=O) groups is 1. The number of halogens is 5. The van der Waals surface area contributed by atoms with Gasteiger partial charge in [0.2, 0.25) is 0 Å². The van der Waals surface area contributed by atoms with Gasteiger partial charge in [0.25, 0.3) is 5.91 Å². The number of anilines is 1. The third kappa shape index (κ3) is 10.9. The lowest BCUT2D eigenvalue weighted by Crippen LogP contribution is -2.38. The number of alkyl halides is 5. The van der Waals surface area contributed by atoms with Crippen LogP contribution in [0.4, 0.5) is 27.6 Å². The lowest BCUT2D eigenvalue weighted by molar-refractivity contribution is -0.184. The normalized spacial score (nSPS) is 23.4. The van der Waals surface area contributed by atoms with Gasteiger partial charge >= 0.3 is 12.8 Å². The van der Waals surface area contributed by atoms with E-state index in [1.807, 2.05) is 4.90 Å². The number of nitriles is 1. The van der Waals surface area contributed by atoms with Gasteiger partial charge in [-0.25, -0.2) is 8.42 Å². The van der Waals surface area contributed by atoms with Gasteiger partial charge in [-0.2, -0.15) is 27.2 Å². The molecule has 2 aromatic carbocycles. The van der Waals surface area contributed by atoms with Crippen molar-refractivity contribution in [2.45, 2.75) is 88.1 Å². The smallest absolute Gasteiger partial charge is 0.366 e. The summed E-state index contributed by atoms with van der Waals surface area (Å²) >= 11 is 0. The van der Waals surface area contributed by atoms with E-state index in [0.717, 1.165) is 38.2 Å². The van der Waals surface area contributed by atoms with Gasteiger partial charge in [-0.1, -0.05) is 19.1 Å². The van der Waals surface area contributed by atoms with Crippen molar-refractivity contribution in [3.63, 3.8) is 0 Å². The van der Waals surface area contributed by atoms with Crippen LogP contribution < -0.4 is 10.2 Å². The number of ether oxygens (including phenoxy) is 1. The number of benzene rings is 2. The summed E-state index contributed by atoms with van der Waals surface area (Å²) in [6.07, 6.45) is 0.181. The van der Waals surface area contributed by atoms with Crippen LogP contribution in [0.15, 0.2) is 53.4 Å². The minimum atomic E-state index is -4.14. The molecule has 5 rings (SSSR count). The molecule has 0 bridgehead atoms. The molecule has 1 N–H and O–H groups in total. The second-order valence-electron chi connectivity index (χ2n) is 14.3. The van der Waals surface area contributed by atoms with Crippen molar-refractivity contribution >= 4 is 21.4 Å². The molecule has 2 aliphatic carbocycles. The largest absolute Gasteiger partial charge is 0.391 e. The number of amides is 1. The van der Waals surface area contributed by atoms with Crippen molar-refractivity contribution in [1.29, 1.82) is 5.26 Å². The van der Waals surface area contributed by atoms with Crippen molar-refractivity contribution in [3.05, 3.63) is 59.7 Å². The van der Waals surface area contributed by atoms with E-state index in [4.69, 9.17) is 4.74 Å². The Labute approximate surface area is 297 Å². The molecule has 0 spiro atoms. The summed E-state index contributed by atoms with van der Waals surface area (Å²) in [6.45, 7) is 1.42. The highest BCUT2D eigenvalue weighted by atomic mass is 32.2. The lowest BCUT2D eigenvalue weighted by atomic mass is 9.81. The van der Waals surface area contributed by atoms with Gasteiger partial charge in [0.1, 0.15) is 0 Å². The first-order chi connectivity index (χ1) is 24.2. The molecule has 1 saturated heterocycles. The van der Waals surface area contributed by atoms with Gasteiger partial charge in [0, 0.05) is 37.4 Å². The van der Waals surface area contributed by atoms with E-state index in [1.54, 1.807) is 43.3 Å². The van der Waals surface area contributed by atoms with Crippen LogP contribution in [-0.4, -0.2) is 76.6 Å². The maximum atomic E-state index is 13.3. The summed E-state index contributed by atoms with van der Waals surface area (Å²) in [5, 5.41) is 12.3. The molecule has 280 valence electrons.